The Bertz CT molecular complexity index is 694. The van der Waals surface area contributed by atoms with Gasteiger partial charge in [0.25, 0.3) is 5.13 Å². The first-order chi connectivity index (χ1) is 12.4. The van der Waals surface area contributed by atoms with E-state index >= 15 is 0 Å². The van der Waals surface area contributed by atoms with E-state index in [0.29, 0.717) is 11.1 Å². The Morgan fingerprint density at radius 1 is 1.33 bits per heavy atom. The second-order valence-electron chi connectivity index (χ2n) is 6.14. The zero-order valence-electron chi connectivity index (χ0n) is 15.7. The quantitative estimate of drug-likeness (QED) is 0.151. The fourth-order valence-corrected chi connectivity index (χ4v) is 2.42. The number of carbonyl (C=O) groups excluding carboxylic acids is 1. The standard InChI is InChI=1S/C18H23BrClF3N2O2/c1-5-25(4)11-24-15-8-7-14(12(2)13(15)3)16(26)27-10-6-9-17(20,21)18(19,22)23/h7-8,11H,5-6,9-10H2,1-4H3. The molecule has 1 unspecified atom stereocenters. The molecule has 0 fully saturated rings. The molecule has 0 bridgehead atoms. The van der Waals surface area contributed by atoms with Crippen LogP contribution in [-0.2, 0) is 4.74 Å². The zero-order valence-corrected chi connectivity index (χ0v) is 18.0. The highest BCUT2D eigenvalue weighted by molar-refractivity contribution is 9.10. The molecule has 0 saturated carbocycles. The van der Waals surface area contributed by atoms with E-state index in [-0.39, 0.29) is 13.0 Å². The number of alkyl halides is 5. The Kier molecular flexibility index (Phi) is 8.60. The molecule has 0 saturated heterocycles. The monoisotopic (exact) mass is 470 g/mol. The smallest absolute Gasteiger partial charge is 0.348 e. The predicted octanol–water partition coefficient (Wildman–Crippen LogP) is 5.74. The molecule has 0 N–H and O–H groups in total. The molecule has 0 spiro atoms. The fraction of sp³-hybridized carbons (Fsp3) is 0.556. The van der Waals surface area contributed by atoms with Gasteiger partial charge in [0.05, 0.1) is 24.2 Å². The molecule has 1 atom stereocenters. The number of esters is 1. The normalized spacial score (nSPS) is 14.3. The average Bonchev–Trinajstić information content (AvgIpc) is 2.58. The van der Waals surface area contributed by atoms with E-state index in [1.807, 2.05) is 41.7 Å². The van der Waals surface area contributed by atoms with Crippen LogP contribution in [0.5, 0.6) is 0 Å². The van der Waals surface area contributed by atoms with Gasteiger partial charge < -0.3 is 9.64 Å². The van der Waals surface area contributed by atoms with Gasteiger partial charge in [0.2, 0.25) is 0 Å². The van der Waals surface area contributed by atoms with E-state index in [1.165, 1.54) is 0 Å². The van der Waals surface area contributed by atoms with Crippen molar-refractivity contribution in [1.82, 2.24) is 4.90 Å². The zero-order chi connectivity index (χ0) is 20.8. The highest BCUT2D eigenvalue weighted by Crippen LogP contribution is 2.44. The van der Waals surface area contributed by atoms with E-state index in [2.05, 4.69) is 4.99 Å². The maximum Gasteiger partial charge on any atom is 0.348 e. The largest absolute Gasteiger partial charge is 0.462 e. The highest BCUT2D eigenvalue weighted by atomic mass is 79.9. The van der Waals surface area contributed by atoms with Crippen molar-refractivity contribution in [2.45, 2.75) is 43.6 Å². The van der Waals surface area contributed by atoms with Crippen LogP contribution in [0.3, 0.4) is 0 Å². The highest BCUT2D eigenvalue weighted by Gasteiger charge is 2.51. The van der Waals surface area contributed by atoms with Crippen LogP contribution < -0.4 is 0 Å². The molecule has 0 aliphatic rings. The minimum atomic E-state index is -3.86. The van der Waals surface area contributed by atoms with Crippen LogP contribution in [0.15, 0.2) is 17.1 Å². The summed E-state index contributed by atoms with van der Waals surface area (Å²) in [5, 5.41) is -3.24. The predicted molar refractivity (Wildman–Crippen MR) is 105 cm³/mol. The summed E-state index contributed by atoms with van der Waals surface area (Å²) < 4.78 is 44.4. The molecule has 4 nitrogen and oxygen atoms in total. The van der Waals surface area contributed by atoms with Gasteiger partial charge in [-0.1, -0.05) is 11.6 Å². The first-order valence-electron chi connectivity index (χ1n) is 8.37. The van der Waals surface area contributed by atoms with Crippen LogP contribution in [0.4, 0.5) is 18.9 Å². The summed E-state index contributed by atoms with van der Waals surface area (Å²) in [4.78, 5) is 14.6. The molecule has 0 radical (unpaired) electrons. The van der Waals surface area contributed by atoms with Crippen molar-refractivity contribution < 1.29 is 22.7 Å². The second kappa shape index (κ2) is 9.78. The second-order valence-corrected chi connectivity index (χ2v) is 7.74. The van der Waals surface area contributed by atoms with Gasteiger partial charge in [0.15, 0.2) is 0 Å². The first-order valence-corrected chi connectivity index (χ1v) is 9.54. The van der Waals surface area contributed by atoms with Crippen molar-refractivity contribution in [1.29, 1.82) is 0 Å². The summed E-state index contributed by atoms with van der Waals surface area (Å²) in [6, 6.07) is 3.30. The summed E-state index contributed by atoms with van der Waals surface area (Å²) in [7, 11) is 1.90. The molecule has 0 heterocycles. The maximum absolute atomic E-state index is 13.6. The van der Waals surface area contributed by atoms with Crippen molar-refractivity contribution >= 4 is 45.5 Å². The van der Waals surface area contributed by atoms with Gasteiger partial charge in [-0.3, -0.25) is 0 Å². The van der Waals surface area contributed by atoms with E-state index < -0.39 is 22.3 Å². The Morgan fingerprint density at radius 2 is 1.96 bits per heavy atom. The number of rotatable bonds is 9. The summed E-state index contributed by atoms with van der Waals surface area (Å²) in [5.74, 6) is -0.610. The number of hydrogen-bond acceptors (Lipinski definition) is 3. The average molecular weight is 472 g/mol. The SMILES string of the molecule is CCN(C)C=Nc1ccc(C(=O)OCCCC(F)(Cl)C(F)(F)Br)c(C)c1C. The minimum absolute atomic E-state index is 0.142. The molecule has 1 aromatic carbocycles. The molecule has 1 rings (SSSR count). The summed E-state index contributed by atoms with van der Waals surface area (Å²) >= 11 is 7.06. The van der Waals surface area contributed by atoms with Crippen LogP contribution in [0.1, 0.15) is 41.3 Å². The Labute approximate surface area is 170 Å². The fourth-order valence-electron chi connectivity index (χ4n) is 2.09. The molecule has 0 aliphatic heterocycles. The molecule has 0 amide bonds. The van der Waals surface area contributed by atoms with Crippen molar-refractivity contribution in [3.8, 4) is 0 Å². The number of hydrogen-bond donors (Lipinski definition) is 0. The summed E-state index contributed by atoms with van der Waals surface area (Å²) in [6.07, 6.45) is 0.891. The van der Waals surface area contributed by atoms with E-state index in [9.17, 15) is 18.0 Å². The third-order valence-corrected chi connectivity index (χ3v) is 5.44. The first kappa shape index (κ1) is 23.8. The van der Waals surface area contributed by atoms with Gasteiger partial charge in [0.1, 0.15) is 0 Å². The minimum Gasteiger partial charge on any atom is -0.462 e. The number of ether oxygens (including phenoxy) is 1. The molecular formula is C18H23BrClF3N2O2. The molecule has 1 aromatic rings. The topological polar surface area (TPSA) is 41.9 Å². The van der Waals surface area contributed by atoms with Crippen LogP contribution in [0, 0.1) is 13.8 Å². The third-order valence-electron chi connectivity index (χ3n) is 4.15. The molecule has 9 heteroatoms. The number of halogens is 5. The Morgan fingerprint density at radius 3 is 2.52 bits per heavy atom. The van der Waals surface area contributed by atoms with Crippen LogP contribution >= 0.6 is 27.5 Å². The summed E-state index contributed by atoms with van der Waals surface area (Å²) in [6.45, 7) is 6.20. The number of carbonyl (C=O) groups is 1. The van der Waals surface area contributed by atoms with Crippen molar-refractivity contribution in [2.75, 3.05) is 20.2 Å². The molecule has 27 heavy (non-hydrogen) atoms. The molecule has 0 aliphatic carbocycles. The number of aliphatic imine (C=N–C) groups is 1. The van der Waals surface area contributed by atoms with Crippen LogP contribution in [0.2, 0.25) is 0 Å². The van der Waals surface area contributed by atoms with Gasteiger partial charge in [-0.2, -0.15) is 8.78 Å². The van der Waals surface area contributed by atoms with Crippen molar-refractivity contribution in [3.63, 3.8) is 0 Å². The van der Waals surface area contributed by atoms with Crippen LogP contribution in [0.25, 0.3) is 0 Å². The maximum atomic E-state index is 13.6. The van der Waals surface area contributed by atoms with Gasteiger partial charge in [0, 0.05) is 20.0 Å². The van der Waals surface area contributed by atoms with Crippen LogP contribution in [-0.4, -0.2) is 47.4 Å². The third kappa shape index (κ3) is 6.68. The van der Waals surface area contributed by atoms with Gasteiger partial charge in [-0.25, -0.2) is 14.2 Å². The van der Waals surface area contributed by atoms with E-state index in [1.54, 1.807) is 25.4 Å². The Balaban J connectivity index is 2.71. The molecule has 0 aromatic heterocycles. The van der Waals surface area contributed by atoms with Gasteiger partial charge in [-0.15, -0.1) is 0 Å². The van der Waals surface area contributed by atoms with E-state index in [4.69, 9.17) is 16.3 Å². The Hall–Kier alpha value is -1.28. The lowest BCUT2D eigenvalue weighted by Crippen LogP contribution is -2.33. The van der Waals surface area contributed by atoms with Gasteiger partial charge in [-0.05, 0) is 66.4 Å². The van der Waals surface area contributed by atoms with Gasteiger partial charge >= 0.3 is 10.8 Å². The lowest BCUT2D eigenvalue weighted by molar-refractivity contribution is -0.0135. The molecule has 152 valence electrons. The number of benzene rings is 1. The number of nitrogens with zero attached hydrogens (tertiary/aromatic N) is 2. The van der Waals surface area contributed by atoms with E-state index in [0.717, 1.165) is 17.8 Å². The summed E-state index contributed by atoms with van der Waals surface area (Å²) in [5.41, 5.74) is 2.61. The molecular weight excluding hydrogens is 449 g/mol. The lowest BCUT2D eigenvalue weighted by Gasteiger charge is -2.22. The van der Waals surface area contributed by atoms with Crippen molar-refractivity contribution in [2.24, 2.45) is 4.99 Å². The lowest BCUT2D eigenvalue weighted by atomic mass is 10.0. The van der Waals surface area contributed by atoms with Crippen molar-refractivity contribution in [3.05, 3.63) is 28.8 Å².